The highest BCUT2D eigenvalue weighted by molar-refractivity contribution is 5.91. The van der Waals surface area contributed by atoms with E-state index < -0.39 is 27.2 Å². The molecule has 1 fully saturated rings. The first-order chi connectivity index (χ1) is 8.97. The van der Waals surface area contributed by atoms with Crippen LogP contribution < -0.4 is 0 Å². The third kappa shape index (κ3) is 3.24. The van der Waals surface area contributed by atoms with Crippen molar-refractivity contribution in [1.82, 2.24) is 0 Å². The second-order valence-electron chi connectivity index (χ2n) is 4.29. The highest BCUT2D eigenvalue weighted by atomic mass is 16.6. The summed E-state index contributed by atoms with van der Waals surface area (Å²) in [6.45, 7) is 0.245. The van der Waals surface area contributed by atoms with E-state index in [-0.39, 0.29) is 12.2 Å². The van der Waals surface area contributed by atoms with E-state index in [4.69, 9.17) is 4.74 Å². The highest BCUT2D eigenvalue weighted by Crippen LogP contribution is 2.29. The Balaban J connectivity index is 2.23. The lowest BCUT2D eigenvalue weighted by Gasteiger charge is -2.03. The number of nitro benzene ring substituents is 2. The smallest absolute Gasteiger partial charge is 0.338 e. The summed E-state index contributed by atoms with van der Waals surface area (Å²) in [6, 6.07) is 2.75. The Bertz CT molecular complexity index is 520. The third-order valence-corrected chi connectivity index (χ3v) is 2.71. The van der Waals surface area contributed by atoms with E-state index in [1.54, 1.807) is 0 Å². The van der Waals surface area contributed by atoms with Gasteiger partial charge in [-0.1, -0.05) is 0 Å². The maximum Gasteiger partial charge on any atom is 0.338 e. The fourth-order valence-corrected chi connectivity index (χ4v) is 1.49. The van der Waals surface area contributed by atoms with Gasteiger partial charge in [0.1, 0.15) is 0 Å². The largest absolute Gasteiger partial charge is 0.462 e. The lowest BCUT2D eigenvalue weighted by atomic mass is 10.2. The normalized spacial score (nSPS) is 13.9. The topological polar surface area (TPSA) is 113 Å². The first-order valence-electron chi connectivity index (χ1n) is 5.58. The molecule has 0 aromatic heterocycles. The van der Waals surface area contributed by atoms with Gasteiger partial charge in [-0.15, -0.1) is 0 Å². The van der Waals surface area contributed by atoms with Crippen LogP contribution >= 0.6 is 0 Å². The van der Waals surface area contributed by atoms with Crippen molar-refractivity contribution in [3.63, 3.8) is 0 Å². The van der Waals surface area contributed by atoms with Gasteiger partial charge >= 0.3 is 5.97 Å². The number of rotatable bonds is 5. The number of ether oxygens (including phenoxy) is 1. The van der Waals surface area contributed by atoms with Gasteiger partial charge in [0.2, 0.25) is 0 Å². The van der Waals surface area contributed by atoms with Crippen LogP contribution in [0.15, 0.2) is 18.2 Å². The number of carbonyl (C=O) groups excluding carboxylic acids is 1. The quantitative estimate of drug-likeness (QED) is 0.458. The maximum absolute atomic E-state index is 11.7. The number of carbonyl (C=O) groups is 1. The summed E-state index contributed by atoms with van der Waals surface area (Å²) in [5.41, 5.74) is -1.19. The molecule has 0 amide bonds. The van der Waals surface area contributed by atoms with E-state index in [0.717, 1.165) is 31.0 Å². The summed E-state index contributed by atoms with van der Waals surface area (Å²) >= 11 is 0. The molecule has 0 heterocycles. The second-order valence-corrected chi connectivity index (χ2v) is 4.29. The molecule has 0 spiro atoms. The number of esters is 1. The Morgan fingerprint density at radius 2 is 1.68 bits per heavy atom. The average molecular weight is 266 g/mol. The number of nitrogens with zero attached hydrogens (tertiary/aromatic N) is 2. The minimum atomic E-state index is -0.787. The van der Waals surface area contributed by atoms with Crippen LogP contribution in [0.25, 0.3) is 0 Å². The number of hydrogen-bond acceptors (Lipinski definition) is 6. The molecule has 0 radical (unpaired) electrons. The molecule has 8 nitrogen and oxygen atoms in total. The van der Waals surface area contributed by atoms with Crippen LogP contribution in [0.1, 0.15) is 23.2 Å². The number of benzene rings is 1. The maximum atomic E-state index is 11.7. The monoisotopic (exact) mass is 266 g/mol. The number of nitro groups is 2. The summed E-state index contributed by atoms with van der Waals surface area (Å²) in [7, 11) is 0. The second kappa shape index (κ2) is 5.01. The van der Waals surface area contributed by atoms with Gasteiger partial charge in [0.25, 0.3) is 11.4 Å². The highest BCUT2D eigenvalue weighted by Gasteiger charge is 2.25. The van der Waals surface area contributed by atoms with Crippen LogP contribution in [0.2, 0.25) is 0 Å². The lowest BCUT2D eigenvalue weighted by molar-refractivity contribution is -0.394. The standard InChI is InChI=1S/C11H10N2O6/c14-11(19-6-7-1-2-7)8-3-9(12(15)16)5-10(4-8)13(17)18/h3-5,7H,1-2,6H2. The summed E-state index contributed by atoms with van der Waals surface area (Å²) in [5, 5.41) is 21.3. The van der Waals surface area contributed by atoms with Crippen LogP contribution in [0, 0.1) is 26.1 Å². The van der Waals surface area contributed by atoms with Gasteiger partial charge in [-0.2, -0.15) is 0 Å². The Morgan fingerprint density at radius 3 is 2.11 bits per heavy atom. The predicted molar refractivity (Wildman–Crippen MR) is 62.8 cm³/mol. The van der Waals surface area contributed by atoms with Gasteiger partial charge in [-0.05, 0) is 18.8 Å². The average Bonchev–Trinajstić information content (AvgIpc) is 3.19. The zero-order valence-corrected chi connectivity index (χ0v) is 9.77. The molecule has 0 aliphatic heterocycles. The van der Waals surface area contributed by atoms with Crippen molar-refractivity contribution >= 4 is 17.3 Å². The Hall–Kier alpha value is -2.51. The van der Waals surface area contributed by atoms with Gasteiger partial charge in [-0.3, -0.25) is 20.2 Å². The molecule has 1 aromatic carbocycles. The van der Waals surface area contributed by atoms with Crippen molar-refractivity contribution in [1.29, 1.82) is 0 Å². The molecule has 8 heteroatoms. The van der Waals surface area contributed by atoms with E-state index in [0.29, 0.717) is 5.92 Å². The fraction of sp³-hybridized carbons (Fsp3) is 0.364. The van der Waals surface area contributed by atoms with E-state index in [1.807, 2.05) is 0 Å². The van der Waals surface area contributed by atoms with Crippen molar-refractivity contribution < 1.29 is 19.4 Å². The number of hydrogen-bond donors (Lipinski definition) is 0. The molecule has 2 rings (SSSR count). The van der Waals surface area contributed by atoms with Crippen molar-refractivity contribution in [2.75, 3.05) is 6.61 Å². The molecule has 0 unspecified atom stereocenters. The van der Waals surface area contributed by atoms with Crippen LogP contribution in [0.3, 0.4) is 0 Å². The molecule has 1 aliphatic carbocycles. The molecule has 0 saturated heterocycles. The Labute approximate surface area is 107 Å². The summed E-state index contributed by atoms with van der Waals surface area (Å²) < 4.78 is 4.94. The van der Waals surface area contributed by atoms with Crippen molar-refractivity contribution in [3.05, 3.63) is 44.0 Å². The third-order valence-electron chi connectivity index (χ3n) is 2.71. The predicted octanol–water partition coefficient (Wildman–Crippen LogP) is 2.07. The minimum Gasteiger partial charge on any atom is -0.462 e. The van der Waals surface area contributed by atoms with Gasteiger partial charge in [0.05, 0.1) is 28.1 Å². The van der Waals surface area contributed by atoms with Crippen LogP contribution in [-0.4, -0.2) is 22.4 Å². The molecule has 1 aliphatic rings. The first-order valence-corrected chi connectivity index (χ1v) is 5.58. The Kier molecular flexibility index (Phi) is 3.41. The molecule has 1 saturated carbocycles. The molecule has 19 heavy (non-hydrogen) atoms. The summed E-state index contributed by atoms with van der Waals surface area (Å²) in [6.07, 6.45) is 1.98. The molecule has 100 valence electrons. The van der Waals surface area contributed by atoms with Gasteiger partial charge in [-0.25, -0.2) is 4.79 Å². The molecular weight excluding hydrogens is 256 g/mol. The van der Waals surface area contributed by atoms with E-state index >= 15 is 0 Å². The zero-order valence-electron chi connectivity index (χ0n) is 9.77. The Morgan fingerprint density at radius 1 is 1.16 bits per heavy atom. The van der Waals surface area contributed by atoms with Gasteiger partial charge < -0.3 is 4.74 Å². The summed E-state index contributed by atoms with van der Waals surface area (Å²) in [4.78, 5) is 31.4. The van der Waals surface area contributed by atoms with E-state index in [9.17, 15) is 25.0 Å². The van der Waals surface area contributed by atoms with Gasteiger partial charge in [0.15, 0.2) is 0 Å². The minimum absolute atomic E-state index is 0.179. The number of non-ortho nitro benzene ring substituents is 2. The first kappa shape index (κ1) is 12.9. The molecule has 0 atom stereocenters. The van der Waals surface area contributed by atoms with E-state index in [1.165, 1.54) is 0 Å². The fourth-order valence-electron chi connectivity index (χ4n) is 1.49. The van der Waals surface area contributed by atoms with Crippen LogP contribution in [0.5, 0.6) is 0 Å². The van der Waals surface area contributed by atoms with Crippen LogP contribution in [0.4, 0.5) is 11.4 Å². The SMILES string of the molecule is O=C(OCC1CC1)c1cc([N+](=O)[O-])cc([N+](=O)[O-])c1. The molecule has 0 N–H and O–H groups in total. The van der Waals surface area contributed by atoms with Crippen LogP contribution in [-0.2, 0) is 4.74 Å². The lowest BCUT2D eigenvalue weighted by Crippen LogP contribution is -2.08. The van der Waals surface area contributed by atoms with Crippen molar-refractivity contribution in [3.8, 4) is 0 Å². The summed E-state index contributed by atoms with van der Waals surface area (Å²) in [5.74, 6) is -0.434. The van der Waals surface area contributed by atoms with Crippen molar-refractivity contribution in [2.45, 2.75) is 12.8 Å². The van der Waals surface area contributed by atoms with Crippen molar-refractivity contribution in [2.24, 2.45) is 5.92 Å². The van der Waals surface area contributed by atoms with Gasteiger partial charge in [0, 0.05) is 12.1 Å². The molecule has 1 aromatic rings. The zero-order chi connectivity index (χ0) is 14.0. The molecular formula is C11H10N2O6. The molecule has 0 bridgehead atoms. The van der Waals surface area contributed by atoms with E-state index in [2.05, 4.69) is 0 Å².